The molecular formula is C13H18N2O4. The molecule has 0 saturated carbocycles. The Balaban J connectivity index is 2.73. The first kappa shape index (κ1) is 14.8. The first-order chi connectivity index (χ1) is 8.77. The number of nitrogens with two attached hydrogens (primary N) is 2. The van der Waals surface area contributed by atoms with Gasteiger partial charge in [0.25, 0.3) is 0 Å². The molecule has 0 aliphatic rings. The average Bonchev–Trinajstić information content (AvgIpc) is 2.35. The van der Waals surface area contributed by atoms with Crippen molar-refractivity contribution in [2.75, 3.05) is 25.2 Å². The normalized spacial score (nSPS) is 10.9. The molecule has 1 rings (SSSR count). The van der Waals surface area contributed by atoms with Crippen molar-refractivity contribution in [3.8, 4) is 0 Å². The second-order valence-corrected chi connectivity index (χ2v) is 4.80. The van der Waals surface area contributed by atoms with Crippen molar-refractivity contribution < 1.29 is 19.1 Å². The SMILES string of the molecule is COC(=O)C(C)(C)COC(=O)c1ccc(N)cc1N. The van der Waals surface area contributed by atoms with Gasteiger partial charge in [-0.25, -0.2) is 4.79 Å². The van der Waals surface area contributed by atoms with Crippen LogP contribution in [0.2, 0.25) is 0 Å². The van der Waals surface area contributed by atoms with E-state index in [-0.39, 0.29) is 17.9 Å². The molecule has 0 aliphatic heterocycles. The van der Waals surface area contributed by atoms with E-state index in [4.69, 9.17) is 16.2 Å². The van der Waals surface area contributed by atoms with E-state index in [1.807, 2.05) is 0 Å². The standard InChI is InChI=1S/C13H18N2O4/c1-13(2,12(17)18-3)7-19-11(16)9-5-4-8(14)6-10(9)15/h4-6H,7,14-15H2,1-3H3. The lowest BCUT2D eigenvalue weighted by molar-refractivity contribution is -0.152. The van der Waals surface area contributed by atoms with Crippen molar-refractivity contribution >= 4 is 23.3 Å². The van der Waals surface area contributed by atoms with Gasteiger partial charge in [-0.1, -0.05) is 0 Å². The molecule has 6 heteroatoms. The number of rotatable bonds is 4. The topological polar surface area (TPSA) is 105 Å². The number of hydrogen-bond acceptors (Lipinski definition) is 6. The van der Waals surface area contributed by atoms with Gasteiger partial charge in [0.1, 0.15) is 6.61 Å². The van der Waals surface area contributed by atoms with Crippen LogP contribution in [0.4, 0.5) is 11.4 Å². The molecule has 0 radical (unpaired) electrons. The van der Waals surface area contributed by atoms with E-state index in [0.717, 1.165) is 0 Å². The molecule has 0 saturated heterocycles. The van der Waals surface area contributed by atoms with E-state index in [2.05, 4.69) is 4.74 Å². The number of hydrogen-bond donors (Lipinski definition) is 2. The fourth-order valence-electron chi connectivity index (χ4n) is 1.43. The smallest absolute Gasteiger partial charge is 0.340 e. The van der Waals surface area contributed by atoms with Crippen molar-refractivity contribution in [3.05, 3.63) is 23.8 Å². The molecule has 4 N–H and O–H groups in total. The number of anilines is 2. The fourth-order valence-corrected chi connectivity index (χ4v) is 1.43. The molecule has 0 aromatic heterocycles. The molecule has 0 fully saturated rings. The largest absolute Gasteiger partial charge is 0.469 e. The molecule has 0 aliphatic carbocycles. The molecule has 0 spiro atoms. The van der Waals surface area contributed by atoms with Crippen molar-refractivity contribution in [1.82, 2.24) is 0 Å². The maximum atomic E-state index is 11.8. The maximum Gasteiger partial charge on any atom is 0.340 e. The zero-order chi connectivity index (χ0) is 14.6. The predicted molar refractivity (Wildman–Crippen MR) is 71.3 cm³/mol. The van der Waals surface area contributed by atoms with Crippen molar-refractivity contribution in [2.24, 2.45) is 5.41 Å². The first-order valence-corrected chi connectivity index (χ1v) is 5.68. The van der Waals surface area contributed by atoms with Crippen LogP contribution in [0.1, 0.15) is 24.2 Å². The Kier molecular flexibility index (Phi) is 4.37. The Labute approximate surface area is 111 Å². The van der Waals surface area contributed by atoms with Gasteiger partial charge in [0.15, 0.2) is 0 Å². The molecule has 0 bridgehead atoms. The third kappa shape index (κ3) is 3.61. The van der Waals surface area contributed by atoms with Gasteiger partial charge < -0.3 is 20.9 Å². The van der Waals surface area contributed by atoms with E-state index in [0.29, 0.717) is 5.69 Å². The zero-order valence-corrected chi connectivity index (χ0v) is 11.2. The monoisotopic (exact) mass is 266 g/mol. The molecule has 1 aromatic carbocycles. The number of ether oxygens (including phenoxy) is 2. The van der Waals surface area contributed by atoms with Crippen LogP contribution >= 0.6 is 0 Å². The van der Waals surface area contributed by atoms with Gasteiger partial charge in [-0.2, -0.15) is 0 Å². The summed E-state index contributed by atoms with van der Waals surface area (Å²) >= 11 is 0. The molecule has 1 aromatic rings. The fraction of sp³-hybridized carbons (Fsp3) is 0.385. The lowest BCUT2D eigenvalue weighted by Crippen LogP contribution is -2.32. The Morgan fingerprint density at radius 1 is 1.26 bits per heavy atom. The van der Waals surface area contributed by atoms with Gasteiger partial charge in [0, 0.05) is 11.4 Å². The van der Waals surface area contributed by atoms with Gasteiger partial charge in [0.05, 0.1) is 18.1 Å². The summed E-state index contributed by atoms with van der Waals surface area (Å²) in [5.74, 6) is -1.06. The summed E-state index contributed by atoms with van der Waals surface area (Å²) in [5.41, 5.74) is 11.2. The van der Waals surface area contributed by atoms with Crippen LogP contribution in [0.5, 0.6) is 0 Å². The number of carbonyl (C=O) groups is 2. The Morgan fingerprint density at radius 3 is 2.42 bits per heavy atom. The molecule has 0 atom stereocenters. The molecule has 0 amide bonds. The van der Waals surface area contributed by atoms with Crippen LogP contribution in [0, 0.1) is 5.41 Å². The van der Waals surface area contributed by atoms with Gasteiger partial charge >= 0.3 is 11.9 Å². The van der Waals surface area contributed by atoms with Crippen molar-refractivity contribution in [2.45, 2.75) is 13.8 Å². The van der Waals surface area contributed by atoms with Crippen LogP contribution in [0.15, 0.2) is 18.2 Å². The van der Waals surface area contributed by atoms with Crippen molar-refractivity contribution in [3.63, 3.8) is 0 Å². The summed E-state index contributed by atoms with van der Waals surface area (Å²) < 4.78 is 9.70. The van der Waals surface area contributed by atoms with Crippen molar-refractivity contribution in [1.29, 1.82) is 0 Å². The van der Waals surface area contributed by atoms with Gasteiger partial charge in [-0.3, -0.25) is 4.79 Å². The van der Waals surface area contributed by atoms with Crippen LogP contribution in [0.25, 0.3) is 0 Å². The van der Waals surface area contributed by atoms with E-state index in [1.165, 1.54) is 19.2 Å². The number of methoxy groups -OCH3 is 1. The van der Waals surface area contributed by atoms with E-state index < -0.39 is 17.4 Å². The molecule has 0 heterocycles. The average molecular weight is 266 g/mol. The highest BCUT2D eigenvalue weighted by atomic mass is 16.5. The van der Waals surface area contributed by atoms with E-state index in [9.17, 15) is 9.59 Å². The number of esters is 2. The first-order valence-electron chi connectivity index (χ1n) is 5.68. The minimum atomic E-state index is -0.910. The Morgan fingerprint density at radius 2 is 1.89 bits per heavy atom. The summed E-state index contributed by atoms with van der Waals surface area (Å²) in [6, 6.07) is 4.51. The highest BCUT2D eigenvalue weighted by Gasteiger charge is 2.30. The number of benzene rings is 1. The number of nitrogen functional groups attached to an aromatic ring is 2. The summed E-state index contributed by atoms with van der Waals surface area (Å²) in [6.45, 7) is 3.15. The lowest BCUT2D eigenvalue weighted by atomic mass is 9.95. The van der Waals surface area contributed by atoms with E-state index >= 15 is 0 Å². The van der Waals surface area contributed by atoms with Crippen LogP contribution in [-0.2, 0) is 14.3 Å². The summed E-state index contributed by atoms with van der Waals surface area (Å²) in [4.78, 5) is 23.3. The summed E-state index contributed by atoms with van der Waals surface area (Å²) in [5, 5.41) is 0. The third-order valence-corrected chi connectivity index (χ3v) is 2.60. The van der Waals surface area contributed by atoms with Gasteiger partial charge in [0.2, 0.25) is 0 Å². The minimum absolute atomic E-state index is 0.0949. The third-order valence-electron chi connectivity index (χ3n) is 2.60. The summed E-state index contributed by atoms with van der Waals surface area (Å²) in [6.07, 6.45) is 0. The predicted octanol–water partition coefficient (Wildman–Crippen LogP) is 1.21. The lowest BCUT2D eigenvalue weighted by Gasteiger charge is -2.21. The zero-order valence-electron chi connectivity index (χ0n) is 11.2. The second kappa shape index (κ2) is 5.60. The Bertz CT molecular complexity index is 497. The highest BCUT2D eigenvalue weighted by Crippen LogP contribution is 2.20. The molecule has 104 valence electrons. The molecule has 0 unspecified atom stereocenters. The minimum Gasteiger partial charge on any atom is -0.469 e. The molecule has 19 heavy (non-hydrogen) atoms. The van der Waals surface area contributed by atoms with Gasteiger partial charge in [-0.05, 0) is 32.0 Å². The highest BCUT2D eigenvalue weighted by molar-refractivity contribution is 5.95. The molecular weight excluding hydrogens is 248 g/mol. The quantitative estimate of drug-likeness (QED) is 0.627. The summed E-state index contributed by atoms with van der Waals surface area (Å²) in [7, 11) is 1.28. The van der Waals surface area contributed by atoms with Gasteiger partial charge in [-0.15, -0.1) is 0 Å². The van der Waals surface area contributed by atoms with Crippen LogP contribution in [-0.4, -0.2) is 25.7 Å². The maximum absolute atomic E-state index is 11.8. The van der Waals surface area contributed by atoms with Crippen LogP contribution < -0.4 is 11.5 Å². The van der Waals surface area contributed by atoms with Crippen LogP contribution in [0.3, 0.4) is 0 Å². The Hall–Kier alpha value is -2.24. The van der Waals surface area contributed by atoms with E-state index in [1.54, 1.807) is 19.9 Å². The second-order valence-electron chi connectivity index (χ2n) is 4.80. The number of carbonyl (C=O) groups excluding carboxylic acids is 2. The molecule has 6 nitrogen and oxygen atoms in total.